The average molecular weight is 405 g/mol. The van der Waals surface area contributed by atoms with Crippen molar-refractivity contribution in [2.45, 2.75) is 43.3 Å². The Hall–Kier alpha value is -2.41. The summed E-state index contributed by atoms with van der Waals surface area (Å²) in [6.07, 6.45) is 0.720. The Morgan fingerprint density at radius 3 is 2.61 bits per heavy atom. The second-order valence-corrected chi connectivity index (χ2v) is 9.78. The van der Waals surface area contributed by atoms with Gasteiger partial charge in [-0.25, -0.2) is 12.8 Å². The highest BCUT2D eigenvalue weighted by Gasteiger charge is 2.32. The molecule has 0 radical (unpaired) electrons. The standard InChI is InChI=1S/C21H24FNO4S/c1-13(2)28(25,26)15-8-9-18(22)17(12-15)21(24)23-11-10-14(3)16-6-5-7-19(27-4)20(16)23/h5-9,12-14H,10-11H2,1-4H3/t14-/m1/s1. The van der Waals surface area contributed by atoms with Gasteiger partial charge in [0, 0.05) is 6.54 Å². The number of benzene rings is 2. The number of sulfone groups is 1. The van der Waals surface area contributed by atoms with Crippen molar-refractivity contribution in [2.75, 3.05) is 18.6 Å². The first kappa shape index (κ1) is 20.3. The maximum Gasteiger partial charge on any atom is 0.261 e. The molecule has 0 fully saturated rings. The van der Waals surface area contributed by atoms with Crippen LogP contribution in [0.3, 0.4) is 0 Å². The molecule has 28 heavy (non-hydrogen) atoms. The van der Waals surface area contributed by atoms with Gasteiger partial charge in [0.25, 0.3) is 5.91 Å². The van der Waals surface area contributed by atoms with E-state index in [4.69, 9.17) is 4.74 Å². The number of para-hydroxylation sites is 1. The molecule has 1 aliphatic heterocycles. The van der Waals surface area contributed by atoms with Crippen LogP contribution >= 0.6 is 0 Å². The SMILES string of the molecule is COc1cccc2c1N(C(=O)c1cc(S(=O)(=O)C(C)C)ccc1F)CC[C@H]2C. The summed E-state index contributed by atoms with van der Waals surface area (Å²) >= 11 is 0. The molecule has 0 unspecified atom stereocenters. The van der Waals surface area contributed by atoms with E-state index in [1.807, 2.05) is 12.1 Å². The molecule has 150 valence electrons. The zero-order valence-electron chi connectivity index (χ0n) is 16.4. The smallest absolute Gasteiger partial charge is 0.261 e. The van der Waals surface area contributed by atoms with Crippen LogP contribution in [0.1, 0.15) is 49.0 Å². The average Bonchev–Trinajstić information content (AvgIpc) is 2.67. The number of amides is 1. The number of ether oxygens (including phenoxy) is 1. The minimum absolute atomic E-state index is 0.0575. The minimum atomic E-state index is -3.62. The summed E-state index contributed by atoms with van der Waals surface area (Å²) < 4.78 is 44.9. The van der Waals surface area contributed by atoms with Crippen molar-refractivity contribution in [2.24, 2.45) is 0 Å². The normalized spacial score (nSPS) is 16.8. The number of carbonyl (C=O) groups is 1. The first-order valence-corrected chi connectivity index (χ1v) is 10.7. The topological polar surface area (TPSA) is 63.7 Å². The Labute approximate surface area is 165 Å². The summed E-state index contributed by atoms with van der Waals surface area (Å²) in [5.41, 5.74) is 1.31. The van der Waals surface area contributed by atoms with Crippen LogP contribution in [0.25, 0.3) is 0 Å². The van der Waals surface area contributed by atoms with Gasteiger partial charge in [-0.3, -0.25) is 4.79 Å². The summed E-state index contributed by atoms with van der Waals surface area (Å²) in [7, 11) is -2.10. The molecule has 1 atom stereocenters. The van der Waals surface area contributed by atoms with E-state index in [0.717, 1.165) is 24.1 Å². The summed E-state index contributed by atoms with van der Waals surface area (Å²) in [5.74, 6) is -0.561. The molecule has 1 heterocycles. The zero-order chi connectivity index (χ0) is 20.6. The van der Waals surface area contributed by atoms with Crippen LogP contribution in [0.15, 0.2) is 41.3 Å². The molecule has 0 aromatic heterocycles. The summed E-state index contributed by atoms with van der Waals surface area (Å²) in [4.78, 5) is 14.7. The third kappa shape index (κ3) is 3.39. The lowest BCUT2D eigenvalue weighted by Crippen LogP contribution is -2.37. The van der Waals surface area contributed by atoms with Crippen molar-refractivity contribution < 1.29 is 22.3 Å². The van der Waals surface area contributed by atoms with Gasteiger partial charge in [-0.1, -0.05) is 19.1 Å². The van der Waals surface area contributed by atoms with Gasteiger partial charge in [0.1, 0.15) is 11.6 Å². The van der Waals surface area contributed by atoms with Gasteiger partial charge in [-0.2, -0.15) is 0 Å². The van der Waals surface area contributed by atoms with Crippen LogP contribution in [-0.2, 0) is 9.84 Å². The lowest BCUT2D eigenvalue weighted by molar-refractivity contribution is 0.0979. The lowest BCUT2D eigenvalue weighted by Gasteiger charge is -2.34. The van der Waals surface area contributed by atoms with Crippen LogP contribution in [-0.4, -0.2) is 33.2 Å². The Bertz CT molecular complexity index is 1020. The van der Waals surface area contributed by atoms with Gasteiger partial charge in [0.15, 0.2) is 9.84 Å². The number of hydrogen-bond acceptors (Lipinski definition) is 4. The van der Waals surface area contributed by atoms with E-state index >= 15 is 0 Å². The van der Waals surface area contributed by atoms with Crippen molar-refractivity contribution >= 4 is 21.4 Å². The predicted octanol–water partition coefficient (Wildman–Crippen LogP) is 4.17. The lowest BCUT2D eigenvalue weighted by atomic mass is 9.90. The van der Waals surface area contributed by atoms with Crippen molar-refractivity contribution in [3.05, 3.63) is 53.3 Å². The molecular weight excluding hydrogens is 381 g/mol. The number of anilines is 1. The van der Waals surface area contributed by atoms with Gasteiger partial charge in [0.2, 0.25) is 0 Å². The van der Waals surface area contributed by atoms with Crippen molar-refractivity contribution in [1.82, 2.24) is 0 Å². The maximum absolute atomic E-state index is 14.5. The quantitative estimate of drug-likeness (QED) is 0.716. The highest BCUT2D eigenvalue weighted by Crippen LogP contribution is 2.42. The van der Waals surface area contributed by atoms with Crippen molar-refractivity contribution in [3.63, 3.8) is 0 Å². The van der Waals surface area contributed by atoms with Gasteiger partial charge in [0.05, 0.1) is 28.5 Å². The monoisotopic (exact) mass is 405 g/mol. The number of carbonyl (C=O) groups excluding carboxylic acids is 1. The van der Waals surface area contributed by atoms with E-state index in [1.54, 1.807) is 19.9 Å². The van der Waals surface area contributed by atoms with Crippen LogP contribution in [0.2, 0.25) is 0 Å². The summed E-state index contributed by atoms with van der Waals surface area (Å²) in [5, 5.41) is -0.669. The molecule has 5 nitrogen and oxygen atoms in total. The molecular formula is C21H24FNO4S. The van der Waals surface area contributed by atoms with Crippen LogP contribution in [0, 0.1) is 5.82 Å². The molecule has 2 aromatic carbocycles. The van der Waals surface area contributed by atoms with Crippen LogP contribution < -0.4 is 9.64 Å². The highest BCUT2D eigenvalue weighted by atomic mass is 32.2. The molecule has 0 N–H and O–H groups in total. The van der Waals surface area contributed by atoms with Crippen LogP contribution in [0.4, 0.5) is 10.1 Å². The second-order valence-electron chi connectivity index (χ2n) is 7.28. The predicted molar refractivity (Wildman–Crippen MR) is 106 cm³/mol. The van der Waals surface area contributed by atoms with E-state index in [1.165, 1.54) is 18.1 Å². The number of fused-ring (bicyclic) bond motifs is 1. The van der Waals surface area contributed by atoms with Crippen LogP contribution in [0.5, 0.6) is 5.75 Å². The van der Waals surface area contributed by atoms with Gasteiger partial charge < -0.3 is 9.64 Å². The zero-order valence-corrected chi connectivity index (χ0v) is 17.2. The molecule has 3 rings (SSSR count). The maximum atomic E-state index is 14.5. The minimum Gasteiger partial charge on any atom is -0.495 e. The molecule has 2 aromatic rings. The third-order valence-electron chi connectivity index (χ3n) is 5.20. The fourth-order valence-corrected chi connectivity index (χ4v) is 4.53. The Balaban J connectivity index is 2.11. The molecule has 0 spiro atoms. The van der Waals surface area contributed by atoms with E-state index in [-0.39, 0.29) is 16.4 Å². The number of hydrogen-bond donors (Lipinski definition) is 0. The number of rotatable bonds is 4. The molecule has 0 saturated carbocycles. The van der Waals surface area contributed by atoms with Crippen molar-refractivity contribution in [3.8, 4) is 5.75 Å². The molecule has 0 aliphatic carbocycles. The first-order chi connectivity index (χ1) is 13.2. The largest absolute Gasteiger partial charge is 0.495 e. The van der Waals surface area contributed by atoms with E-state index in [9.17, 15) is 17.6 Å². The number of halogens is 1. The third-order valence-corrected chi connectivity index (χ3v) is 7.35. The Morgan fingerprint density at radius 2 is 1.96 bits per heavy atom. The van der Waals surface area contributed by atoms with E-state index in [0.29, 0.717) is 18.0 Å². The molecule has 0 saturated heterocycles. The van der Waals surface area contributed by atoms with Crippen molar-refractivity contribution in [1.29, 1.82) is 0 Å². The Kier molecular flexibility index (Phi) is 5.48. The fraction of sp³-hybridized carbons (Fsp3) is 0.381. The fourth-order valence-electron chi connectivity index (χ4n) is 3.45. The summed E-state index contributed by atoms with van der Waals surface area (Å²) in [6, 6.07) is 8.93. The first-order valence-electron chi connectivity index (χ1n) is 9.20. The molecule has 0 bridgehead atoms. The molecule has 1 amide bonds. The molecule has 1 aliphatic rings. The highest BCUT2D eigenvalue weighted by molar-refractivity contribution is 7.92. The molecule has 7 heteroatoms. The van der Waals surface area contributed by atoms with Gasteiger partial charge >= 0.3 is 0 Å². The van der Waals surface area contributed by atoms with E-state index < -0.39 is 26.8 Å². The van der Waals surface area contributed by atoms with Gasteiger partial charge in [-0.05, 0) is 56.0 Å². The van der Waals surface area contributed by atoms with Gasteiger partial charge in [-0.15, -0.1) is 0 Å². The number of methoxy groups -OCH3 is 1. The Morgan fingerprint density at radius 1 is 1.25 bits per heavy atom. The van der Waals surface area contributed by atoms with E-state index in [2.05, 4.69) is 6.92 Å². The summed E-state index contributed by atoms with van der Waals surface area (Å²) in [6.45, 7) is 5.56. The second kappa shape index (κ2) is 7.54. The number of nitrogens with zero attached hydrogens (tertiary/aromatic N) is 1.